The molecular weight excluding hydrogens is 329 g/mol. The van der Waals surface area contributed by atoms with Gasteiger partial charge in [0.2, 0.25) is 0 Å². The van der Waals surface area contributed by atoms with Gasteiger partial charge in [-0.05, 0) is 36.9 Å². The highest BCUT2D eigenvalue weighted by atomic mass is 32.5. The lowest BCUT2D eigenvalue weighted by atomic mass is 10.9. The Morgan fingerprint density at radius 1 is 1.47 bits per heavy atom. The molecule has 0 fully saturated rings. The Hall–Kier alpha value is 0.170. The Balaban J connectivity index is 4.03. The predicted octanol–water partition coefficient (Wildman–Crippen LogP) is 2.46. The minimum Gasteiger partial charge on any atom is -0.321 e. The molecule has 0 atom stereocenters. The van der Waals surface area contributed by atoms with Gasteiger partial charge in [-0.25, -0.2) is 4.79 Å². The summed E-state index contributed by atoms with van der Waals surface area (Å²) in [6.45, 7) is -0.718. The lowest BCUT2D eigenvalue weighted by Crippen LogP contribution is -2.24. The third kappa shape index (κ3) is 7.50. The van der Waals surface area contributed by atoms with Crippen molar-refractivity contribution in [1.82, 2.24) is 9.39 Å². The van der Waals surface area contributed by atoms with E-state index in [1.807, 2.05) is 6.26 Å². The van der Waals surface area contributed by atoms with Gasteiger partial charge in [0.15, 0.2) is 0 Å². The largest absolute Gasteiger partial charge is 0.434 e. The molecule has 19 heavy (non-hydrogen) atoms. The first kappa shape index (κ1) is 19.2. The second kappa shape index (κ2) is 9.98. The highest BCUT2D eigenvalue weighted by Gasteiger charge is 2.22. The fraction of sp³-hybridized carbons (Fsp3) is 0.750. The Kier molecular flexibility index (Phi) is 10.1. The summed E-state index contributed by atoms with van der Waals surface area (Å²) in [4.78, 5) is 15.9. The number of rotatable bonds is 7. The summed E-state index contributed by atoms with van der Waals surface area (Å²) < 4.78 is 11.9. The summed E-state index contributed by atoms with van der Waals surface area (Å²) in [5, 5.41) is 6.78. The Labute approximate surface area is 127 Å². The zero-order valence-corrected chi connectivity index (χ0v) is 14.8. The summed E-state index contributed by atoms with van der Waals surface area (Å²) in [6.07, 6.45) is 1.21. The van der Waals surface area contributed by atoms with Crippen molar-refractivity contribution in [3.05, 3.63) is 0 Å². The predicted molar refractivity (Wildman–Crippen MR) is 84.8 cm³/mol. The molecule has 0 aromatic heterocycles. The molecule has 0 aromatic rings. The van der Waals surface area contributed by atoms with Crippen LogP contribution in [0, 0.1) is 0 Å². The first-order chi connectivity index (χ1) is 8.89. The molecule has 0 unspecified atom stereocenters. The van der Waals surface area contributed by atoms with E-state index in [1.165, 1.54) is 37.9 Å². The second-order valence-corrected chi connectivity index (χ2v) is 8.96. The minimum absolute atomic E-state index is 0.272. The molecule has 0 saturated carbocycles. The number of hydrogen-bond acceptors (Lipinski definition) is 8. The zero-order chi connectivity index (χ0) is 14.9. The van der Waals surface area contributed by atoms with E-state index in [0.717, 1.165) is 0 Å². The van der Waals surface area contributed by atoms with E-state index >= 15 is 0 Å². The van der Waals surface area contributed by atoms with Crippen molar-refractivity contribution in [3.63, 3.8) is 0 Å². The number of hydrogen-bond donors (Lipinski definition) is 1. The van der Waals surface area contributed by atoms with Crippen LogP contribution in [0.4, 0.5) is 4.79 Å². The topological polar surface area (TPSA) is 72.4 Å². The third-order valence-corrected chi connectivity index (χ3v) is 7.68. The highest BCUT2D eigenvalue weighted by molar-refractivity contribution is 8.15. The Morgan fingerprint density at radius 2 is 2.05 bits per heavy atom. The van der Waals surface area contributed by atoms with Crippen LogP contribution >= 0.6 is 30.4 Å². The van der Waals surface area contributed by atoms with Gasteiger partial charge in [-0.1, -0.05) is 5.16 Å². The maximum atomic E-state index is 11.3. The highest BCUT2D eigenvalue weighted by Crippen LogP contribution is 2.53. The average molecular weight is 347 g/mol. The van der Waals surface area contributed by atoms with Crippen molar-refractivity contribution in [3.8, 4) is 0 Å². The molecule has 0 spiro atoms. The van der Waals surface area contributed by atoms with Crippen LogP contribution in [0.1, 0.15) is 6.92 Å². The summed E-state index contributed by atoms with van der Waals surface area (Å²) in [6, 6.07) is 0. The van der Waals surface area contributed by atoms with Crippen LogP contribution in [0.2, 0.25) is 0 Å². The van der Waals surface area contributed by atoms with E-state index in [2.05, 4.69) is 15.3 Å². The van der Waals surface area contributed by atoms with Crippen LogP contribution in [0.15, 0.2) is 5.16 Å². The molecule has 112 valence electrons. The van der Waals surface area contributed by atoms with Gasteiger partial charge in [-0.3, -0.25) is 4.84 Å². The average Bonchev–Trinajstić information content (AvgIpc) is 2.43. The Bertz CT molecular complexity index is 361. The maximum absolute atomic E-state index is 11.3. The van der Waals surface area contributed by atoms with E-state index in [9.17, 15) is 4.79 Å². The van der Waals surface area contributed by atoms with Crippen molar-refractivity contribution in [2.75, 3.05) is 33.4 Å². The van der Waals surface area contributed by atoms with Gasteiger partial charge < -0.3 is 14.4 Å². The standard InChI is InChI=1S/C8H18N3O4PS3/c1-7(18-5)10-15-8(12)9-6-19-11(2)16(17,13-3)14-4/h6H2,1-5H3,(H,9,12)/b10-7+. The smallest absolute Gasteiger partial charge is 0.321 e. The number of nitrogens with zero attached hydrogens (tertiary/aromatic N) is 2. The van der Waals surface area contributed by atoms with Crippen molar-refractivity contribution < 1.29 is 18.7 Å². The van der Waals surface area contributed by atoms with Gasteiger partial charge >= 0.3 is 6.09 Å². The first-order valence-corrected chi connectivity index (χ1v) is 9.77. The van der Waals surface area contributed by atoms with Crippen molar-refractivity contribution in [1.29, 1.82) is 0 Å². The van der Waals surface area contributed by atoms with E-state index in [4.69, 9.17) is 20.9 Å². The summed E-state index contributed by atoms with van der Waals surface area (Å²) in [5.74, 6) is 0.272. The third-order valence-electron chi connectivity index (χ3n) is 1.83. The van der Waals surface area contributed by atoms with E-state index in [1.54, 1.807) is 18.0 Å². The zero-order valence-electron chi connectivity index (χ0n) is 11.4. The molecule has 0 aromatic carbocycles. The molecule has 0 rings (SSSR count). The molecule has 0 aliphatic rings. The fourth-order valence-corrected chi connectivity index (χ4v) is 3.39. The number of amides is 1. The Morgan fingerprint density at radius 3 is 2.53 bits per heavy atom. The van der Waals surface area contributed by atoms with Gasteiger partial charge in [-0.2, -0.15) is 4.08 Å². The van der Waals surface area contributed by atoms with Gasteiger partial charge in [0.25, 0.3) is 6.64 Å². The lowest BCUT2D eigenvalue weighted by Gasteiger charge is -2.26. The first-order valence-electron chi connectivity index (χ1n) is 5.01. The second-order valence-electron chi connectivity index (χ2n) is 2.94. The van der Waals surface area contributed by atoms with E-state index in [-0.39, 0.29) is 5.88 Å². The molecule has 0 aliphatic heterocycles. The lowest BCUT2D eigenvalue weighted by molar-refractivity contribution is 0.153. The van der Waals surface area contributed by atoms with Gasteiger partial charge in [-0.15, -0.1) is 11.8 Å². The number of carbonyl (C=O) groups excluding carboxylic acids is 1. The molecule has 7 nitrogen and oxygen atoms in total. The number of nitrogens with one attached hydrogen (secondary N) is 1. The summed E-state index contributed by atoms with van der Waals surface area (Å²) in [7, 11) is 4.72. The normalized spacial score (nSPS) is 12.6. The fourth-order valence-electron chi connectivity index (χ4n) is 0.735. The van der Waals surface area contributed by atoms with Crippen LogP contribution in [0.3, 0.4) is 0 Å². The van der Waals surface area contributed by atoms with Crippen LogP contribution in [-0.2, 0) is 25.7 Å². The quantitative estimate of drug-likeness (QED) is 0.143. The van der Waals surface area contributed by atoms with Gasteiger partial charge in [0.05, 0.1) is 5.88 Å². The van der Waals surface area contributed by atoms with Gasteiger partial charge in [0, 0.05) is 21.3 Å². The SMILES string of the molecule is COP(=S)(OC)N(C)SCNC(=O)O/N=C(\C)SC. The molecule has 0 bridgehead atoms. The summed E-state index contributed by atoms with van der Waals surface area (Å²) in [5.41, 5.74) is 0. The van der Waals surface area contributed by atoms with Crippen LogP contribution in [-0.4, -0.2) is 48.6 Å². The number of oxime groups is 1. The monoisotopic (exact) mass is 347 g/mol. The minimum atomic E-state index is -2.46. The van der Waals surface area contributed by atoms with Gasteiger partial charge in [0.1, 0.15) is 5.04 Å². The molecule has 0 heterocycles. The van der Waals surface area contributed by atoms with Crippen molar-refractivity contribution in [2.45, 2.75) is 6.92 Å². The molecular formula is C8H18N3O4PS3. The van der Waals surface area contributed by atoms with Crippen LogP contribution in [0.25, 0.3) is 0 Å². The molecule has 0 saturated heterocycles. The van der Waals surface area contributed by atoms with E-state index in [0.29, 0.717) is 5.04 Å². The van der Waals surface area contributed by atoms with E-state index < -0.39 is 12.7 Å². The summed E-state index contributed by atoms with van der Waals surface area (Å²) >= 11 is 7.87. The molecule has 1 N–H and O–H groups in total. The number of thioether (sulfide) groups is 1. The molecule has 0 radical (unpaired) electrons. The van der Waals surface area contributed by atoms with Crippen LogP contribution < -0.4 is 5.32 Å². The van der Waals surface area contributed by atoms with Crippen LogP contribution in [0.5, 0.6) is 0 Å². The number of carbonyl (C=O) groups is 1. The maximum Gasteiger partial charge on any atom is 0.434 e. The van der Waals surface area contributed by atoms with Crippen molar-refractivity contribution in [2.24, 2.45) is 5.16 Å². The molecule has 1 amide bonds. The van der Waals surface area contributed by atoms with Crippen molar-refractivity contribution >= 4 is 53.3 Å². The molecule has 11 heteroatoms. The molecule has 0 aliphatic carbocycles.